The zero-order chi connectivity index (χ0) is 17.3. The Morgan fingerprint density at radius 3 is 2.12 bits per heavy atom. The average molecular weight is 333 g/mol. The van der Waals surface area contributed by atoms with Crippen LogP contribution < -0.4 is 0 Å². The minimum absolute atomic E-state index is 0.0537. The molecule has 7 heteroatoms. The number of nitrogens with zero attached hydrogens (tertiary/aromatic N) is 1. The van der Waals surface area contributed by atoms with Crippen molar-refractivity contribution in [2.75, 3.05) is 0 Å². The highest BCUT2D eigenvalue weighted by Gasteiger charge is 2.30. The zero-order valence-electron chi connectivity index (χ0n) is 12.0. The molecule has 122 valence electrons. The van der Waals surface area contributed by atoms with Gasteiger partial charge in [0.25, 0.3) is 0 Å². The van der Waals surface area contributed by atoms with E-state index in [-0.39, 0.29) is 22.9 Å². The van der Waals surface area contributed by atoms with Gasteiger partial charge in [0.2, 0.25) is 5.89 Å². The second-order valence-corrected chi connectivity index (χ2v) is 4.94. The molecule has 0 aliphatic carbocycles. The molecule has 2 aromatic carbocycles. The summed E-state index contributed by atoms with van der Waals surface area (Å²) in [4.78, 5) is 15.3. The first-order valence-corrected chi connectivity index (χ1v) is 6.83. The lowest BCUT2D eigenvalue weighted by Gasteiger charge is -2.06. The van der Waals surface area contributed by atoms with Crippen LogP contribution in [0.2, 0.25) is 0 Å². The van der Waals surface area contributed by atoms with Gasteiger partial charge in [-0.25, -0.2) is 9.78 Å². The molecular formula is C17H10F3NO3. The van der Waals surface area contributed by atoms with Crippen molar-refractivity contribution in [1.82, 2.24) is 4.98 Å². The monoisotopic (exact) mass is 333 g/mol. The third-order valence-corrected chi connectivity index (χ3v) is 3.32. The van der Waals surface area contributed by atoms with Crippen molar-refractivity contribution in [1.29, 1.82) is 0 Å². The molecule has 0 fully saturated rings. The third-order valence-electron chi connectivity index (χ3n) is 3.32. The molecule has 0 unspecified atom stereocenters. The van der Waals surface area contributed by atoms with Crippen LogP contribution in [0.4, 0.5) is 13.2 Å². The summed E-state index contributed by atoms with van der Waals surface area (Å²) in [6.07, 6.45) is -4.45. The van der Waals surface area contributed by atoms with Crippen LogP contribution in [0.25, 0.3) is 22.8 Å². The summed E-state index contributed by atoms with van der Waals surface area (Å²) >= 11 is 0. The Morgan fingerprint density at radius 2 is 1.58 bits per heavy atom. The fraction of sp³-hybridized carbons (Fsp3) is 0.0588. The molecule has 1 N–H and O–H groups in total. The Labute approximate surface area is 134 Å². The number of aromatic nitrogens is 1. The second kappa shape index (κ2) is 5.84. The number of benzene rings is 2. The van der Waals surface area contributed by atoms with Gasteiger partial charge in [-0.1, -0.05) is 30.3 Å². The molecule has 0 saturated carbocycles. The number of oxazole rings is 1. The molecule has 4 nitrogen and oxygen atoms in total. The molecule has 0 amide bonds. The molecular weight excluding hydrogens is 323 g/mol. The van der Waals surface area contributed by atoms with Gasteiger partial charge < -0.3 is 9.52 Å². The van der Waals surface area contributed by atoms with Crippen molar-refractivity contribution in [3.05, 3.63) is 65.9 Å². The fourth-order valence-corrected chi connectivity index (χ4v) is 2.18. The summed E-state index contributed by atoms with van der Waals surface area (Å²) in [6.45, 7) is 0. The first-order valence-electron chi connectivity index (χ1n) is 6.83. The van der Waals surface area contributed by atoms with Crippen LogP contribution >= 0.6 is 0 Å². The molecule has 24 heavy (non-hydrogen) atoms. The summed E-state index contributed by atoms with van der Waals surface area (Å²) in [7, 11) is 0. The van der Waals surface area contributed by atoms with E-state index in [2.05, 4.69) is 4.98 Å². The van der Waals surface area contributed by atoms with E-state index in [0.717, 1.165) is 12.1 Å². The van der Waals surface area contributed by atoms with Gasteiger partial charge in [0, 0.05) is 11.1 Å². The van der Waals surface area contributed by atoms with Gasteiger partial charge in [-0.15, -0.1) is 0 Å². The van der Waals surface area contributed by atoms with E-state index in [9.17, 15) is 23.1 Å². The molecule has 3 aromatic rings. The van der Waals surface area contributed by atoms with Crippen LogP contribution in [-0.4, -0.2) is 16.1 Å². The lowest BCUT2D eigenvalue weighted by molar-refractivity contribution is -0.137. The second-order valence-electron chi connectivity index (χ2n) is 4.94. The highest BCUT2D eigenvalue weighted by Crippen LogP contribution is 2.33. The third kappa shape index (κ3) is 3.01. The van der Waals surface area contributed by atoms with Crippen molar-refractivity contribution in [3.63, 3.8) is 0 Å². The first kappa shape index (κ1) is 15.8. The predicted octanol–water partition coefficient (Wildman–Crippen LogP) is 4.73. The molecule has 0 bridgehead atoms. The predicted molar refractivity (Wildman–Crippen MR) is 79.3 cm³/mol. The van der Waals surface area contributed by atoms with Gasteiger partial charge in [-0.05, 0) is 24.3 Å². The minimum Gasteiger partial charge on any atom is -0.476 e. The van der Waals surface area contributed by atoms with Crippen LogP contribution in [0.3, 0.4) is 0 Å². The van der Waals surface area contributed by atoms with Gasteiger partial charge in [-0.3, -0.25) is 0 Å². The van der Waals surface area contributed by atoms with Crippen LogP contribution in [0.5, 0.6) is 0 Å². The normalized spacial score (nSPS) is 11.5. The Kier molecular flexibility index (Phi) is 3.84. The number of hydrogen-bond donors (Lipinski definition) is 1. The zero-order valence-corrected chi connectivity index (χ0v) is 12.0. The fourth-order valence-electron chi connectivity index (χ4n) is 2.18. The van der Waals surface area contributed by atoms with E-state index in [1.54, 1.807) is 30.3 Å². The molecule has 0 saturated heterocycles. The number of rotatable bonds is 3. The number of carbonyl (C=O) groups is 1. The molecule has 0 aliphatic rings. The van der Waals surface area contributed by atoms with Crippen LogP contribution in [0.15, 0.2) is 59.0 Å². The lowest BCUT2D eigenvalue weighted by Crippen LogP contribution is -2.04. The number of hydrogen-bond acceptors (Lipinski definition) is 3. The number of carboxylic acid groups (broad SMARTS) is 1. The minimum atomic E-state index is -4.45. The van der Waals surface area contributed by atoms with Gasteiger partial charge in [0.05, 0.1) is 5.56 Å². The molecule has 0 aliphatic heterocycles. The Balaban J connectivity index is 2.05. The number of alkyl halides is 3. The number of aromatic carboxylic acids is 1. The van der Waals surface area contributed by atoms with Gasteiger partial charge >= 0.3 is 12.1 Å². The smallest absolute Gasteiger partial charge is 0.416 e. The average Bonchev–Trinajstić information content (AvgIpc) is 3.00. The van der Waals surface area contributed by atoms with Crippen molar-refractivity contribution in [2.45, 2.75) is 6.18 Å². The Bertz CT molecular complexity index is 868. The van der Waals surface area contributed by atoms with Crippen LogP contribution in [0, 0.1) is 0 Å². The summed E-state index contributed by atoms with van der Waals surface area (Å²) in [5.74, 6) is -1.28. The highest BCUT2D eigenvalue weighted by atomic mass is 19.4. The molecule has 0 atom stereocenters. The van der Waals surface area contributed by atoms with Crippen LogP contribution in [-0.2, 0) is 6.18 Å². The SMILES string of the molecule is O=C(O)c1nc(-c2ccc(C(F)(F)F)cc2)oc1-c1ccccc1. The van der Waals surface area contributed by atoms with Crippen molar-refractivity contribution < 1.29 is 27.5 Å². The van der Waals surface area contributed by atoms with E-state index >= 15 is 0 Å². The van der Waals surface area contributed by atoms with E-state index < -0.39 is 17.7 Å². The Hall–Kier alpha value is -3.09. The largest absolute Gasteiger partial charge is 0.476 e. The lowest BCUT2D eigenvalue weighted by atomic mass is 10.1. The standard InChI is InChI=1S/C17H10F3NO3/c18-17(19,20)12-8-6-11(7-9-12)15-21-13(16(22)23)14(24-15)10-4-2-1-3-5-10/h1-9H,(H,22,23). The molecule has 1 heterocycles. The number of halogens is 3. The topological polar surface area (TPSA) is 63.3 Å². The summed E-state index contributed by atoms with van der Waals surface area (Å²) in [5.41, 5.74) is -0.330. The molecule has 3 rings (SSSR count). The maximum absolute atomic E-state index is 12.6. The summed E-state index contributed by atoms with van der Waals surface area (Å²) < 4.78 is 43.3. The summed E-state index contributed by atoms with van der Waals surface area (Å²) in [5, 5.41) is 9.27. The van der Waals surface area contributed by atoms with Gasteiger partial charge in [0.1, 0.15) is 0 Å². The number of carboxylic acids is 1. The maximum atomic E-state index is 12.6. The van der Waals surface area contributed by atoms with Gasteiger partial charge in [-0.2, -0.15) is 13.2 Å². The molecule has 1 aromatic heterocycles. The molecule has 0 spiro atoms. The Morgan fingerprint density at radius 1 is 0.958 bits per heavy atom. The highest BCUT2D eigenvalue weighted by molar-refractivity contribution is 5.93. The van der Waals surface area contributed by atoms with E-state index in [4.69, 9.17) is 4.42 Å². The molecule has 0 radical (unpaired) electrons. The van der Waals surface area contributed by atoms with Crippen molar-refractivity contribution >= 4 is 5.97 Å². The van der Waals surface area contributed by atoms with Crippen molar-refractivity contribution in [2.24, 2.45) is 0 Å². The summed E-state index contributed by atoms with van der Waals surface area (Å²) in [6, 6.07) is 12.7. The van der Waals surface area contributed by atoms with Crippen LogP contribution in [0.1, 0.15) is 16.1 Å². The van der Waals surface area contributed by atoms with E-state index in [1.807, 2.05) is 0 Å². The van der Waals surface area contributed by atoms with E-state index in [0.29, 0.717) is 5.56 Å². The van der Waals surface area contributed by atoms with Crippen molar-refractivity contribution in [3.8, 4) is 22.8 Å². The first-order chi connectivity index (χ1) is 11.4. The van der Waals surface area contributed by atoms with E-state index in [1.165, 1.54) is 12.1 Å². The van der Waals surface area contributed by atoms with Gasteiger partial charge in [0.15, 0.2) is 11.5 Å². The maximum Gasteiger partial charge on any atom is 0.416 e. The quantitative estimate of drug-likeness (QED) is 0.753.